The minimum Gasteiger partial charge on any atom is -0.400 e. The lowest BCUT2D eigenvalue weighted by molar-refractivity contribution is -0.262. The Kier molecular flexibility index (Phi) is 17.6. The fraction of sp³-hybridized carbons (Fsp3) is 0.812. The monoisotopic (exact) mass is 352 g/mol. The molecule has 0 aliphatic heterocycles. The van der Waals surface area contributed by atoms with Crippen LogP contribution in [0.5, 0.6) is 0 Å². The average molecular weight is 352 g/mol. The molecule has 0 radical (unpaired) electrons. The fourth-order valence-electron chi connectivity index (χ4n) is 1.73. The Labute approximate surface area is 151 Å². The molecule has 0 aliphatic carbocycles. The van der Waals surface area contributed by atoms with Crippen LogP contribution < -0.4 is 0 Å². The summed E-state index contributed by atoms with van der Waals surface area (Å²) in [4.78, 5) is 10.1. The van der Waals surface area contributed by atoms with E-state index in [1.54, 1.807) is 0 Å². The van der Waals surface area contributed by atoms with Crippen LogP contribution in [0.4, 0.5) is 0 Å². The summed E-state index contributed by atoms with van der Waals surface area (Å²) in [5.74, 6) is 0. The van der Waals surface area contributed by atoms with Gasteiger partial charge in [-0.2, -0.15) is 20.7 Å². The van der Waals surface area contributed by atoms with Crippen molar-refractivity contribution in [2.75, 3.05) is 19.6 Å². The molecule has 0 unspecified atom stereocenters. The first-order chi connectivity index (χ1) is 11.9. The van der Waals surface area contributed by atoms with Gasteiger partial charge in [-0.15, -0.1) is 0 Å². The Balaban J connectivity index is 0. The van der Waals surface area contributed by atoms with Crippen LogP contribution in [0.15, 0.2) is 0 Å². The molecule has 0 rings (SSSR count). The lowest BCUT2D eigenvalue weighted by Gasteiger charge is -2.21. The van der Waals surface area contributed by atoms with Crippen LogP contribution in [-0.2, 0) is 9.69 Å². The third-order valence-electron chi connectivity index (χ3n) is 3.22. The predicted octanol–water partition coefficient (Wildman–Crippen LogP) is 1.90. The van der Waals surface area contributed by atoms with Crippen LogP contribution in [0.2, 0.25) is 0 Å². The predicted molar refractivity (Wildman–Crippen MR) is 93.1 cm³/mol. The molecule has 0 aromatic heterocycles. The van der Waals surface area contributed by atoms with Gasteiger partial charge in [-0.05, 0) is 38.9 Å². The summed E-state index contributed by atoms with van der Waals surface area (Å²) in [5, 5.41) is 40.8. The molecule has 2 N–H and O–H groups in total. The smallest absolute Gasteiger partial charge is 0.400 e. The van der Waals surface area contributed by atoms with Crippen LogP contribution in [-0.4, -0.2) is 47.5 Å². The molecular formula is C16H29BN4O4. The summed E-state index contributed by atoms with van der Waals surface area (Å²) in [6.07, 6.45) is 8.09. The highest BCUT2D eigenvalue weighted by atomic mass is 17.2. The number of hydrogen-bond acceptors (Lipinski definition) is 8. The standard InChI is InChI=1S/C12H27N.C4H2BN3O4/c1-4-7-10-13(11-8-5-2)12-9-6-3;6-1-4(2-7,3-8)11-12-5(9)10/h4-12H2,1-3H3;9-10H. The number of nitriles is 3. The highest BCUT2D eigenvalue weighted by molar-refractivity contribution is 6.32. The maximum atomic E-state index is 8.23. The van der Waals surface area contributed by atoms with E-state index >= 15 is 0 Å². The zero-order valence-corrected chi connectivity index (χ0v) is 15.4. The second kappa shape index (κ2) is 17.2. The molecule has 8 nitrogen and oxygen atoms in total. The first-order valence-electron chi connectivity index (χ1n) is 8.61. The van der Waals surface area contributed by atoms with Crippen LogP contribution in [0.1, 0.15) is 59.3 Å². The number of nitrogens with zero attached hydrogens (tertiary/aromatic N) is 4. The van der Waals surface area contributed by atoms with Gasteiger partial charge in [0, 0.05) is 0 Å². The Bertz CT molecular complexity index is 388. The quantitative estimate of drug-likeness (QED) is 0.309. The highest BCUT2D eigenvalue weighted by Gasteiger charge is 2.34. The van der Waals surface area contributed by atoms with Gasteiger partial charge < -0.3 is 14.9 Å². The van der Waals surface area contributed by atoms with Crippen molar-refractivity contribution in [3.8, 4) is 18.2 Å². The van der Waals surface area contributed by atoms with E-state index in [4.69, 9.17) is 25.8 Å². The Hall–Kier alpha value is -1.67. The van der Waals surface area contributed by atoms with E-state index in [1.807, 2.05) is 0 Å². The summed E-state index contributed by atoms with van der Waals surface area (Å²) < 4.78 is 0. The van der Waals surface area contributed by atoms with Crippen molar-refractivity contribution in [2.45, 2.75) is 64.9 Å². The molecule has 0 amide bonds. The molecule has 0 aromatic carbocycles. The van der Waals surface area contributed by atoms with Gasteiger partial charge in [0.05, 0.1) is 0 Å². The van der Waals surface area contributed by atoms with Crippen molar-refractivity contribution in [2.24, 2.45) is 0 Å². The van der Waals surface area contributed by atoms with Crippen LogP contribution in [0.25, 0.3) is 0 Å². The minimum atomic E-state index is -2.47. The third kappa shape index (κ3) is 14.4. The van der Waals surface area contributed by atoms with E-state index in [0.29, 0.717) is 0 Å². The van der Waals surface area contributed by atoms with E-state index in [2.05, 4.69) is 35.4 Å². The molecule has 0 spiro atoms. The van der Waals surface area contributed by atoms with Crippen molar-refractivity contribution in [3.63, 3.8) is 0 Å². The molecule has 0 aliphatic rings. The van der Waals surface area contributed by atoms with E-state index in [-0.39, 0.29) is 0 Å². The van der Waals surface area contributed by atoms with Crippen molar-refractivity contribution in [1.82, 2.24) is 4.90 Å². The number of unbranched alkanes of at least 4 members (excludes halogenated alkanes) is 3. The van der Waals surface area contributed by atoms with Crippen molar-refractivity contribution < 1.29 is 19.7 Å². The lowest BCUT2D eigenvalue weighted by atomic mass is 10.1. The number of hydrogen-bond donors (Lipinski definition) is 2. The average Bonchev–Trinajstić information content (AvgIpc) is 2.63. The van der Waals surface area contributed by atoms with E-state index in [1.165, 1.54) is 76.4 Å². The molecule has 0 heterocycles. The van der Waals surface area contributed by atoms with Gasteiger partial charge in [-0.1, -0.05) is 40.0 Å². The summed E-state index contributed by atoms with van der Waals surface area (Å²) in [6, 6.07) is 3.54. The third-order valence-corrected chi connectivity index (χ3v) is 3.22. The molecule has 25 heavy (non-hydrogen) atoms. The van der Waals surface area contributed by atoms with Crippen molar-refractivity contribution >= 4 is 7.32 Å². The minimum absolute atomic E-state index is 1.18. The largest absolute Gasteiger partial charge is 0.662 e. The Morgan fingerprint density at radius 1 is 0.840 bits per heavy atom. The second-order valence-corrected chi connectivity index (χ2v) is 5.42. The normalized spacial score (nSPS) is 10.2. The van der Waals surface area contributed by atoms with Crippen LogP contribution >= 0.6 is 0 Å². The lowest BCUT2D eigenvalue weighted by Crippen LogP contribution is -2.31. The van der Waals surface area contributed by atoms with Crippen molar-refractivity contribution in [1.29, 1.82) is 15.8 Å². The van der Waals surface area contributed by atoms with Crippen LogP contribution in [0.3, 0.4) is 0 Å². The molecule has 0 saturated carbocycles. The molecule has 0 atom stereocenters. The van der Waals surface area contributed by atoms with E-state index < -0.39 is 12.9 Å². The van der Waals surface area contributed by atoms with Gasteiger partial charge >= 0.3 is 12.9 Å². The van der Waals surface area contributed by atoms with Gasteiger partial charge in [0.1, 0.15) is 18.2 Å². The first-order valence-corrected chi connectivity index (χ1v) is 8.61. The molecule has 0 aromatic rings. The fourth-order valence-corrected chi connectivity index (χ4v) is 1.73. The zero-order chi connectivity index (χ0) is 19.6. The van der Waals surface area contributed by atoms with Gasteiger partial charge in [0.15, 0.2) is 0 Å². The summed E-state index contributed by atoms with van der Waals surface area (Å²) in [5.41, 5.74) is -2.47. The number of rotatable bonds is 12. The Morgan fingerprint density at radius 3 is 1.44 bits per heavy atom. The molecule has 9 heteroatoms. The molecule has 0 bridgehead atoms. The van der Waals surface area contributed by atoms with Gasteiger partial charge in [-0.3, -0.25) is 0 Å². The maximum Gasteiger partial charge on any atom is 0.662 e. The van der Waals surface area contributed by atoms with Gasteiger partial charge in [0.25, 0.3) is 0 Å². The van der Waals surface area contributed by atoms with Crippen molar-refractivity contribution in [3.05, 3.63) is 0 Å². The first kappa shape index (κ1) is 25.6. The second-order valence-electron chi connectivity index (χ2n) is 5.42. The molecule has 140 valence electrons. The molecular weight excluding hydrogens is 323 g/mol. The topological polar surface area (TPSA) is 134 Å². The van der Waals surface area contributed by atoms with Gasteiger partial charge in [0.2, 0.25) is 0 Å². The zero-order valence-electron chi connectivity index (χ0n) is 15.4. The molecule has 0 fully saturated rings. The van der Waals surface area contributed by atoms with E-state index in [0.717, 1.165) is 0 Å². The SMILES string of the molecule is CCCCN(CCCC)CCCC.N#CC(C#N)(C#N)OOB(O)O. The van der Waals surface area contributed by atoms with Gasteiger partial charge in [-0.25, -0.2) is 4.81 Å². The molecule has 0 saturated heterocycles. The highest BCUT2D eigenvalue weighted by Crippen LogP contribution is 2.07. The maximum absolute atomic E-state index is 8.23. The summed E-state index contributed by atoms with van der Waals surface area (Å²) in [6.45, 7) is 10.8. The van der Waals surface area contributed by atoms with Crippen LogP contribution in [0, 0.1) is 34.0 Å². The summed E-state index contributed by atoms with van der Waals surface area (Å²) in [7, 11) is -2.31. The van der Waals surface area contributed by atoms with E-state index in [9.17, 15) is 0 Å². The summed E-state index contributed by atoms with van der Waals surface area (Å²) >= 11 is 0. The Morgan fingerprint density at radius 2 is 1.20 bits per heavy atom.